The third-order valence-corrected chi connectivity index (χ3v) is 1.89. The Bertz CT molecular complexity index is 106. The van der Waals surface area contributed by atoms with Gasteiger partial charge < -0.3 is 4.90 Å². The fourth-order valence-electron chi connectivity index (χ4n) is 0.672. The van der Waals surface area contributed by atoms with Gasteiger partial charge in [-0.15, -0.1) is 0 Å². The summed E-state index contributed by atoms with van der Waals surface area (Å²) in [6, 6.07) is 0. The third kappa shape index (κ3) is 8.07. The molecule has 10 heavy (non-hydrogen) atoms. The number of nitrogens with zero attached hydrogens (tertiary/aromatic N) is 1. The Morgan fingerprint density at radius 1 is 1.40 bits per heavy atom. The van der Waals surface area contributed by atoms with Crippen LogP contribution in [0.15, 0.2) is 0 Å². The first-order valence-electron chi connectivity index (χ1n) is 3.40. The topological polar surface area (TPSA) is 46.3 Å². The van der Waals surface area contributed by atoms with Crippen molar-refractivity contribution in [3.63, 3.8) is 0 Å². The monoisotopic (exact) mass is 164 g/mol. The van der Waals surface area contributed by atoms with Crippen LogP contribution in [0.1, 0.15) is 12.8 Å². The molecule has 0 saturated carbocycles. The van der Waals surface area contributed by atoms with Crippen molar-refractivity contribution in [2.75, 3.05) is 26.4 Å². The van der Waals surface area contributed by atoms with Crippen LogP contribution in [0.3, 0.4) is 0 Å². The Morgan fingerprint density at radius 3 is 2.40 bits per heavy atom. The molecule has 0 aliphatic rings. The molecule has 2 N–H and O–H groups in total. The number of hydrogen-bond acceptors (Lipinski definition) is 2. The lowest BCUT2D eigenvalue weighted by molar-refractivity contribution is 0.398. The molecule has 1 unspecified atom stereocenters. The van der Waals surface area contributed by atoms with Crippen LogP contribution in [0.5, 0.6) is 0 Å². The zero-order valence-electron chi connectivity index (χ0n) is 6.67. The van der Waals surface area contributed by atoms with E-state index in [2.05, 4.69) is 4.90 Å². The summed E-state index contributed by atoms with van der Waals surface area (Å²) >= 11 is 0. The Balaban J connectivity index is 2.98. The molecule has 0 saturated heterocycles. The average Bonchev–Trinajstić information content (AvgIpc) is 1.79. The minimum Gasteiger partial charge on any atom is -0.309 e. The fourth-order valence-corrected chi connectivity index (χ4v) is 1.16. The lowest BCUT2D eigenvalue weighted by Crippen LogP contribution is -2.14. The molecule has 0 aromatic rings. The maximum Gasteiger partial charge on any atom is 0.0887 e. The van der Waals surface area contributed by atoms with Gasteiger partial charge in [0.2, 0.25) is 0 Å². The average molecular weight is 164 g/mol. The van der Waals surface area contributed by atoms with Crippen LogP contribution in [-0.2, 0) is 11.0 Å². The minimum absolute atomic E-state index is 0.633. The molecular formula is C6H16N2OS. The summed E-state index contributed by atoms with van der Waals surface area (Å²) < 4.78 is 10.4. The molecule has 0 fully saturated rings. The summed E-state index contributed by atoms with van der Waals surface area (Å²) in [6.45, 7) is 1.05. The molecule has 0 heterocycles. The van der Waals surface area contributed by atoms with E-state index >= 15 is 0 Å². The Morgan fingerprint density at radius 2 is 2.00 bits per heavy atom. The number of rotatable bonds is 5. The van der Waals surface area contributed by atoms with Gasteiger partial charge in [0.25, 0.3) is 0 Å². The molecule has 3 nitrogen and oxygen atoms in total. The summed E-state index contributed by atoms with van der Waals surface area (Å²) in [6.07, 6.45) is 2.04. The predicted molar refractivity (Wildman–Crippen MR) is 45.0 cm³/mol. The van der Waals surface area contributed by atoms with E-state index in [0.717, 1.165) is 19.4 Å². The first-order valence-corrected chi connectivity index (χ1v) is 4.78. The highest BCUT2D eigenvalue weighted by atomic mass is 32.2. The molecular weight excluding hydrogens is 148 g/mol. The molecule has 0 aromatic heterocycles. The van der Waals surface area contributed by atoms with Crippen LogP contribution in [0.25, 0.3) is 0 Å². The maximum atomic E-state index is 10.4. The van der Waals surface area contributed by atoms with Gasteiger partial charge in [-0.3, -0.25) is 5.14 Å². The minimum atomic E-state index is -1.10. The highest BCUT2D eigenvalue weighted by Gasteiger charge is 1.93. The normalized spacial score (nSPS) is 14.0. The summed E-state index contributed by atoms with van der Waals surface area (Å²) in [5.74, 6) is 0.633. The summed E-state index contributed by atoms with van der Waals surface area (Å²) in [5, 5.41) is 5.07. The number of nitrogens with two attached hydrogens (primary N) is 1. The molecule has 4 heteroatoms. The molecule has 62 valence electrons. The van der Waals surface area contributed by atoms with Crippen LogP contribution in [0.4, 0.5) is 0 Å². The standard InChI is InChI=1S/C6H16N2OS/c1-8(2)5-3-4-6-10(7)9/h3-7H2,1-2H3. The summed E-state index contributed by atoms with van der Waals surface area (Å²) in [7, 11) is 2.96. The van der Waals surface area contributed by atoms with E-state index in [9.17, 15) is 4.21 Å². The molecule has 1 atom stereocenters. The van der Waals surface area contributed by atoms with Crippen molar-refractivity contribution in [1.82, 2.24) is 4.90 Å². The zero-order valence-corrected chi connectivity index (χ0v) is 7.49. The van der Waals surface area contributed by atoms with E-state index in [0.29, 0.717) is 5.75 Å². The second kappa shape index (κ2) is 5.82. The molecule has 0 radical (unpaired) electrons. The predicted octanol–water partition coefficient (Wildman–Crippen LogP) is -0.0494. The van der Waals surface area contributed by atoms with Gasteiger partial charge >= 0.3 is 0 Å². The lowest BCUT2D eigenvalue weighted by atomic mass is 10.3. The zero-order chi connectivity index (χ0) is 7.98. The number of unbranched alkanes of at least 4 members (excludes halogenated alkanes) is 1. The van der Waals surface area contributed by atoms with E-state index in [1.807, 2.05) is 14.1 Å². The first kappa shape index (κ1) is 10.1. The molecule has 0 spiro atoms. The molecule has 0 rings (SSSR count). The van der Waals surface area contributed by atoms with Crippen LogP contribution in [-0.4, -0.2) is 35.5 Å². The van der Waals surface area contributed by atoms with Crippen LogP contribution in [0, 0.1) is 0 Å². The maximum absolute atomic E-state index is 10.4. The van der Waals surface area contributed by atoms with E-state index in [1.54, 1.807) is 0 Å². The third-order valence-electron chi connectivity index (χ3n) is 1.20. The largest absolute Gasteiger partial charge is 0.309 e. The van der Waals surface area contributed by atoms with Gasteiger partial charge in [0, 0.05) is 5.75 Å². The quantitative estimate of drug-likeness (QED) is 0.579. The van der Waals surface area contributed by atoms with E-state index in [-0.39, 0.29) is 0 Å². The van der Waals surface area contributed by atoms with Crippen LogP contribution >= 0.6 is 0 Å². The fraction of sp³-hybridized carbons (Fsp3) is 1.00. The second-order valence-electron chi connectivity index (χ2n) is 2.60. The molecule has 0 aliphatic heterocycles. The van der Waals surface area contributed by atoms with E-state index in [4.69, 9.17) is 5.14 Å². The van der Waals surface area contributed by atoms with Crippen LogP contribution in [0.2, 0.25) is 0 Å². The van der Waals surface area contributed by atoms with Gasteiger partial charge in [-0.2, -0.15) is 0 Å². The van der Waals surface area contributed by atoms with Gasteiger partial charge in [0.1, 0.15) is 0 Å². The highest BCUT2D eigenvalue weighted by Crippen LogP contribution is 1.90. The van der Waals surface area contributed by atoms with Gasteiger partial charge in [0.15, 0.2) is 0 Å². The second-order valence-corrected chi connectivity index (χ2v) is 3.76. The van der Waals surface area contributed by atoms with Crippen molar-refractivity contribution in [2.45, 2.75) is 12.8 Å². The van der Waals surface area contributed by atoms with E-state index < -0.39 is 11.0 Å². The SMILES string of the molecule is CN(C)CCCCS(N)=O. The van der Waals surface area contributed by atoms with Crippen molar-refractivity contribution in [1.29, 1.82) is 0 Å². The first-order chi connectivity index (χ1) is 4.63. The molecule has 0 aromatic carbocycles. The smallest absolute Gasteiger partial charge is 0.0887 e. The number of hydrogen-bond donors (Lipinski definition) is 1. The van der Waals surface area contributed by atoms with Crippen molar-refractivity contribution >= 4 is 11.0 Å². The van der Waals surface area contributed by atoms with Crippen molar-refractivity contribution in [3.05, 3.63) is 0 Å². The lowest BCUT2D eigenvalue weighted by Gasteiger charge is -2.07. The van der Waals surface area contributed by atoms with Crippen LogP contribution < -0.4 is 5.14 Å². The van der Waals surface area contributed by atoms with Gasteiger partial charge in [-0.05, 0) is 33.5 Å². The Labute approximate surface area is 65.2 Å². The Hall–Kier alpha value is 0.0700. The van der Waals surface area contributed by atoms with Crippen molar-refractivity contribution in [2.24, 2.45) is 5.14 Å². The van der Waals surface area contributed by atoms with E-state index in [1.165, 1.54) is 0 Å². The van der Waals surface area contributed by atoms with Gasteiger partial charge in [-0.25, -0.2) is 4.21 Å². The van der Waals surface area contributed by atoms with Gasteiger partial charge in [-0.1, -0.05) is 0 Å². The molecule has 0 amide bonds. The highest BCUT2D eigenvalue weighted by molar-refractivity contribution is 7.82. The molecule has 0 aliphatic carbocycles. The van der Waals surface area contributed by atoms with Crippen molar-refractivity contribution in [3.8, 4) is 0 Å². The molecule has 0 bridgehead atoms. The van der Waals surface area contributed by atoms with Crippen molar-refractivity contribution < 1.29 is 4.21 Å². The van der Waals surface area contributed by atoms with Gasteiger partial charge in [0.05, 0.1) is 11.0 Å². The summed E-state index contributed by atoms with van der Waals surface area (Å²) in [5.41, 5.74) is 0. The Kier molecular flexibility index (Phi) is 5.87. The summed E-state index contributed by atoms with van der Waals surface area (Å²) in [4.78, 5) is 2.11.